The Balaban J connectivity index is 1.68. The predicted octanol–water partition coefficient (Wildman–Crippen LogP) is 2.07. The van der Waals surface area contributed by atoms with E-state index in [0.29, 0.717) is 18.7 Å². The summed E-state index contributed by atoms with van der Waals surface area (Å²) in [5.74, 6) is -0.0543. The van der Waals surface area contributed by atoms with Crippen LogP contribution in [0.4, 0.5) is 4.79 Å². The Kier molecular flexibility index (Phi) is 3.72. The van der Waals surface area contributed by atoms with E-state index >= 15 is 0 Å². The molecule has 0 unspecified atom stereocenters. The molecule has 0 saturated carbocycles. The number of carbonyl (C=O) groups is 2. The van der Waals surface area contributed by atoms with E-state index in [1.165, 1.54) is 4.90 Å². The van der Waals surface area contributed by atoms with Gasteiger partial charge in [-0.25, -0.2) is 4.79 Å². The van der Waals surface area contributed by atoms with Gasteiger partial charge in [0.05, 0.1) is 36.1 Å². The highest BCUT2D eigenvalue weighted by molar-refractivity contribution is 6.01. The predicted molar refractivity (Wildman–Crippen MR) is 92.2 cm³/mol. The van der Waals surface area contributed by atoms with Gasteiger partial charge in [-0.2, -0.15) is 0 Å². The largest absolute Gasteiger partial charge is 0.327 e. The topological polar surface area (TPSA) is 65.5 Å². The molecule has 1 aromatic heterocycles. The van der Waals surface area contributed by atoms with Crippen molar-refractivity contribution < 1.29 is 9.59 Å². The first-order chi connectivity index (χ1) is 12.1. The number of nitrogens with zero attached hydrogens (tertiary/aromatic N) is 3. The molecule has 3 heterocycles. The van der Waals surface area contributed by atoms with Crippen LogP contribution in [0.15, 0.2) is 66.0 Å². The van der Waals surface area contributed by atoms with E-state index in [2.05, 4.69) is 10.3 Å². The molecule has 2 aromatic rings. The van der Waals surface area contributed by atoms with Crippen LogP contribution in [0.3, 0.4) is 0 Å². The molecule has 6 heteroatoms. The Morgan fingerprint density at radius 2 is 1.88 bits per heavy atom. The van der Waals surface area contributed by atoms with Gasteiger partial charge < -0.3 is 10.2 Å². The maximum Gasteiger partial charge on any atom is 0.322 e. The summed E-state index contributed by atoms with van der Waals surface area (Å²) in [6, 6.07) is 14.6. The van der Waals surface area contributed by atoms with Crippen molar-refractivity contribution in [3.05, 3.63) is 77.3 Å². The van der Waals surface area contributed by atoms with Crippen LogP contribution >= 0.6 is 0 Å². The summed E-state index contributed by atoms with van der Waals surface area (Å²) in [5.41, 5.74) is 3.14. The van der Waals surface area contributed by atoms with Crippen LogP contribution in [-0.2, 0) is 11.3 Å². The van der Waals surface area contributed by atoms with Gasteiger partial charge in [0.2, 0.25) is 0 Å². The first-order valence-corrected chi connectivity index (χ1v) is 8.16. The summed E-state index contributed by atoms with van der Waals surface area (Å²) in [6.45, 7) is 0.841. The number of aromatic nitrogens is 1. The molecule has 1 N–H and O–H groups in total. The van der Waals surface area contributed by atoms with Crippen LogP contribution < -0.4 is 5.32 Å². The summed E-state index contributed by atoms with van der Waals surface area (Å²) >= 11 is 0. The molecule has 25 heavy (non-hydrogen) atoms. The Morgan fingerprint density at radius 1 is 1.12 bits per heavy atom. The molecular formula is C19H18N4O2. The average Bonchev–Trinajstić information content (AvgIpc) is 2.97. The molecule has 0 fully saturated rings. The molecule has 0 radical (unpaired) electrons. The van der Waals surface area contributed by atoms with Crippen LogP contribution in [0.1, 0.15) is 17.3 Å². The van der Waals surface area contributed by atoms with Crippen molar-refractivity contribution in [2.24, 2.45) is 0 Å². The minimum Gasteiger partial charge on any atom is -0.327 e. The first-order valence-electron chi connectivity index (χ1n) is 8.16. The van der Waals surface area contributed by atoms with Crippen molar-refractivity contribution >= 4 is 11.9 Å². The van der Waals surface area contributed by atoms with Crippen LogP contribution in [0.5, 0.6) is 0 Å². The van der Waals surface area contributed by atoms with E-state index in [0.717, 1.165) is 17.0 Å². The third kappa shape index (κ3) is 2.65. The third-order valence-electron chi connectivity index (χ3n) is 4.65. The molecule has 1 aromatic carbocycles. The van der Waals surface area contributed by atoms with E-state index in [4.69, 9.17) is 0 Å². The van der Waals surface area contributed by atoms with Crippen LogP contribution in [0.25, 0.3) is 0 Å². The fourth-order valence-electron chi connectivity index (χ4n) is 3.33. The Hall–Kier alpha value is -3.15. The summed E-state index contributed by atoms with van der Waals surface area (Å²) in [7, 11) is 1.70. The van der Waals surface area contributed by atoms with E-state index < -0.39 is 6.04 Å². The van der Waals surface area contributed by atoms with Gasteiger partial charge in [-0.15, -0.1) is 0 Å². The average molecular weight is 334 g/mol. The minimum atomic E-state index is -0.416. The van der Waals surface area contributed by atoms with Gasteiger partial charge >= 0.3 is 6.03 Å². The number of pyridine rings is 1. The summed E-state index contributed by atoms with van der Waals surface area (Å²) in [4.78, 5) is 32.9. The van der Waals surface area contributed by atoms with E-state index in [1.807, 2.05) is 48.5 Å². The van der Waals surface area contributed by atoms with Crippen molar-refractivity contribution in [3.63, 3.8) is 0 Å². The number of likely N-dealkylation sites (N-methyl/N-ethyl adjacent to an activating group) is 1. The van der Waals surface area contributed by atoms with Crippen LogP contribution in [0.2, 0.25) is 0 Å². The van der Waals surface area contributed by atoms with Crippen molar-refractivity contribution in [1.29, 1.82) is 0 Å². The van der Waals surface area contributed by atoms with Gasteiger partial charge in [0.15, 0.2) is 0 Å². The third-order valence-corrected chi connectivity index (χ3v) is 4.65. The fourth-order valence-corrected chi connectivity index (χ4v) is 3.33. The number of urea groups is 1. The Morgan fingerprint density at radius 3 is 2.60 bits per heavy atom. The maximum absolute atomic E-state index is 13.0. The second-order valence-corrected chi connectivity index (χ2v) is 6.19. The molecule has 3 amide bonds. The monoisotopic (exact) mass is 334 g/mol. The highest BCUT2D eigenvalue weighted by Crippen LogP contribution is 2.35. The van der Waals surface area contributed by atoms with Gasteiger partial charge in [0, 0.05) is 13.2 Å². The minimum absolute atomic E-state index is 0.0543. The van der Waals surface area contributed by atoms with Crippen molar-refractivity contribution in [1.82, 2.24) is 20.1 Å². The zero-order valence-electron chi connectivity index (χ0n) is 13.8. The number of nitrogens with one attached hydrogen (secondary N) is 1. The van der Waals surface area contributed by atoms with Gasteiger partial charge in [-0.1, -0.05) is 36.4 Å². The van der Waals surface area contributed by atoms with Crippen LogP contribution in [-0.4, -0.2) is 40.3 Å². The highest BCUT2D eigenvalue weighted by atomic mass is 16.2. The number of rotatable bonds is 3. The lowest BCUT2D eigenvalue weighted by Crippen LogP contribution is -2.45. The molecule has 2 aliphatic heterocycles. The summed E-state index contributed by atoms with van der Waals surface area (Å²) in [5, 5.41) is 2.93. The molecular weight excluding hydrogens is 316 g/mol. The lowest BCUT2D eigenvalue weighted by molar-refractivity contribution is -0.126. The first kappa shape index (κ1) is 15.4. The van der Waals surface area contributed by atoms with Crippen LogP contribution in [0, 0.1) is 0 Å². The molecule has 0 spiro atoms. The highest BCUT2D eigenvalue weighted by Gasteiger charge is 2.42. The van der Waals surface area contributed by atoms with Gasteiger partial charge in [0.25, 0.3) is 5.91 Å². The normalized spacial score (nSPS) is 20.0. The van der Waals surface area contributed by atoms with Crippen molar-refractivity contribution in [3.8, 4) is 0 Å². The van der Waals surface area contributed by atoms with E-state index in [-0.39, 0.29) is 11.9 Å². The van der Waals surface area contributed by atoms with Gasteiger partial charge in [0.1, 0.15) is 0 Å². The number of hydrogen-bond acceptors (Lipinski definition) is 3. The van der Waals surface area contributed by atoms with Crippen molar-refractivity contribution in [2.45, 2.75) is 12.6 Å². The zero-order valence-corrected chi connectivity index (χ0v) is 13.8. The number of carbonyl (C=O) groups excluding carboxylic acids is 2. The van der Waals surface area contributed by atoms with Crippen molar-refractivity contribution in [2.75, 3.05) is 13.6 Å². The molecule has 0 saturated heterocycles. The van der Waals surface area contributed by atoms with E-state index in [1.54, 1.807) is 18.1 Å². The number of hydrogen-bond donors (Lipinski definition) is 1. The summed E-state index contributed by atoms with van der Waals surface area (Å²) in [6.07, 6.45) is 1.72. The molecule has 4 rings (SSSR count). The lowest BCUT2D eigenvalue weighted by Gasteiger charge is -2.31. The molecule has 2 aliphatic rings. The SMILES string of the molecule is CN1C(=O)N[C@@H](c2ccccc2)C2=C1CN(Cc1ccccn1)C2=O. The van der Waals surface area contributed by atoms with Gasteiger partial charge in [-0.05, 0) is 17.7 Å². The maximum atomic E-state index is 13.0. The fraction of sp³-hybridized carbons (Fsp3) is 0.211. The standard InChI is InChI=1S/C19H18N4O2/c1-22-15-12-23(11-14-9-5-6-10-20-14)18(24)16(15)17(21-19(22)25)13-7-3-2-4-8-13/h2-10,17H,11-12H2,1H3,(H,21,25)/t17-/m0/s1. The smallest absolute Gasteiger partial charge is 0.322 e. The molecule has 1 atom stereocenters. The quantitative estimate of drug-likeness (QED) is 0.934. The second-order valence-electron chi connectivity index (χ2n) is 6.19. The molecule has 0 aliphatic carbocycles. The second kappa shape index (κ2) is 6.05. The molecule has 126 valence electrons. The zero-order chi connectivity index (χ0) is 17.4. The van der Waals surface area contributed by atoms with E-state index in [9.17, 15) is 9.59 Å². The summed E-state index contributed by atoms with van der Waals surface area (Å²) < 4.78 is 0. The molecule has 0 bridgehead atoms. The van der Waals surface area contributed by atoms with Gasteiger partial charge in [-0.3, -0.25) is 14.7 Å². The molecule has 6 nitrogen and oxygen atoms in total. The number of amides is 3. The number of benzene rings is 1. The Labute approximate surface area is 145 Å². The Bertz CT molecular complexity index is 848. The lowest BCUT2D eigenvalue weighted by atomic mass is 9.96.